The Morgan fingerprint density at radius 1 is 1.03 bits per heavy atom. The van der Waals surface area contributed by atoms with Crippen LogP contribution in [0.4, 0.5) is 0 Å². The molecule has 0 atom stereocenters. The fraction of sp³-hybridized carbons (Fsp3) is 0.0833. The number of carbonyl (C=O) groups is 2. The summed E-state index contributed by atoms with van der Waals surface area (Å²) in [5.41, 5.74) is 2.43. The van der Waals surface area contributed by atoms with Crippen LogP contribution in [-0.2, 0) is 11.3 Å². The number of allylic oxidation sites excluding steroid dienone is 1. The highest BCUT2D eigenvalue weighted by molar-refractivity contribution is 6.35. The number of esters is 1. The summed E-state index contributed by atoms with van der Waals surface area (Å²) in [7, 11) is 1.34. The van der Waals surface area contributed by atoms with Gasteiger partial charge in [0.25, 0.3) is 0 Å². The number of benzene rings is 3. The second-order valence-electron chi connectivity index (χ2n) is 6.74. The topological polar surface area (TPSA) is 61.8 Å². The van der Waals surface area contributed by atoms with E-state index in [1.54, 1.807) is 66.7 Å². The van der Waals surface area contributed by atoms with Crippen molar-refractivity contribution in [2.45, 2.75) is 6.61 Å². The monoisotopic (exact) mass is 454 g/mol. The number of rotatable bonds is 5. The second kappa shape index (κ2) is 8.84. The highest BCUT2D eigenvalue weighted by atomic mass is 35.5. The van der Waals surface area contributed by atoms with Gasteiger partial charge in [0.1, 0.15) is 18.1 Å². The quantitative estimate of drug-likeness (QED) is 0.350. The smallest absolute Gasteiger partial charge is 0.337 e. The van der Waals surface area contributed by atoms with E-state index < -0.39 is 5.97 Å². The molecule has 0 aromatic heterocycles. The maximum atomic E-state index is 12.6. The van der Waals surface area contributed by atoms with E-state index in [9.17, 15) is 9.59 Å². The number of halogens is 2. The van der Waals surface area contributed by atoms with Crippen LogP contribution >= 0.6 is 23.2 Å². The molecule has 0 N–H and O–H groups in total. The molecule has 0 aliphatic carbocycles. The predicted molar refractivity (Wildman–Crippen MR) is 118 cm³/mol. The second-order valence-corrected chi connectivity index (χ2v) is 7.58. The van der Waals surface area contributed by atoms with E-state index in [1.807, 2.05) is 0 Å². The third-order valence-electron chi connectivity index (χ3n) is 4.67. The zero-order valence-corrected chi connectivity index (χ0v) is 17.9. The van der Waals surface area contributed by atoms with Crippen LogP contribution in [0.5, 0.6) is 11.5 Å². The Morgan fingerprint density at radius 3 is 2.52 bits per heavy atom. The molecule has 0 saturated carbocycles. The molecule has 31 heavy (non-hydrogen) atoms. The summed E-state index contributed by atoms with van der Waals surface area (Å²) in [6, 6.07) is 17.0. The molecule has 0 spiro atoms. The standard InChI is InChI=1S/C24H16Cl2O5/c1-29-24(28)15-4-2-14(3-5-15)13-30-18-8-9-19-21(12-18)31-22(23(19)27)10-16-6-7-17(25)11-20(16)26/h2-12H,13H2,1H3. The van der Waals surface area contributed by atoms with Crippen LogP contribution in [-0.4, -0.2) is 18.9 Å². The van der Waals surface area contributed by atoms with Crippen molar-refractivity contribution in [1.29, 1.82) is 0 Å². The van der Waals surface area contributed by atoms with E-state index in [1.165, 1.54) is 7.11 Å². The molecule has 0 unspecified atom stereocenters. The number of Topliss-reactive ketones (excluding diaryl/α,β-unsaturated/α-hetero) is 1. The lowest BCUT2D eigenvalue weighted by Crippen LogP contribution is -2.02. The summed E-state index contributed by atoms with van der Waals surface area (Å²) in [5, 5.41) is 0.936. The lowest BCUT2D eigenvalue weighted by Gasteiger charge is -2.08. The Kier molecular flexibility index (Phi) is 5.98. The Bertz CT molecular complexity index is 1200. The van der Waals surface area contributed by atoms with Crippen molar-refractivity contribution < 1.29 is 23.8 Å². The van der Waals surface area contributed by atoms with E-state index in [2.05, 4.69) is 4.74 Å². The first kappa shape index (κ1) is 21.0. The lowest BCUT2D eigenvalue weighted by atomic mass is 10.1. The number of ketones is 1. The summed E-state index contributed by atoms with van der Waals surface area (Å²) in [6.07, 6.45) is 1.59. The normalized spacial score (nSPS) is 13.6. The predicted octanol–water partition coefficient (Wildman–Crippen LogP) is 5.98. The average molecular weight is 455 g/mol. The highest BCUT2D eigenvalue weighted by Crippen LogP contribution is 2.36. The number of hydrogen-bond donors (Lipinski definition) is 0. The summed E-state index contributed by atoms with van der Waals surface area (Å²) < 4.78 is 16.2. The van der Waals surface area contributed by atoms with Gasteiger partial charge in [0, 0.05) is 16.1 Å². The van der Waals surface area contributed by atoms with Crippen LogP contribution in [0.1, 0.15) is 31.8 Å². The van der Waals surface area contributed by atoms with Crippen LogP contribution in [0.25, 0.3) is 6.08 Å². The number of fused-ring (bicyclic) bond motifs is 1. The number of carbonyl (C=O) groups excluding carboxylic acids is 2. The Balaban J connectivity index is 1.47. The molecule has 4 rings (SSSR count). The summed E-state index contributed by atoms with van der Waals surface area (Å²) in [4.78, 5) is 24.1. The van der Waals surface area contributed by atoms with Crippen LogP contribution in [0.2, 0.25) is 10.0 Å². The summed E-state index contributed by atoms with van der Waals surface area (Å²) >= 11 is 12.1. The molecular weight excluding hydrogens is 439 g/mol. The number of hydrogen-bond acceptors (Lipinski definition) is 5. The Labute approximate surface area is 188 Å². The average Bonchev–Trinajstić information content (AvgIpc) is 3.08. The molecule has 1 aliphatic heterocycles. The number of ether oxygens (including phenoxy) is 3. The maximum absolute atomic E-state index is 12.6. The molecule has 0 amide bonds. The molecular formula is C24H16Cl2O5. The summed E-state index contributed by atoms with van der Waals surface area (Å²) in [6.45, 7) is 0.289. The molecule has 0 saturated heterocycles. The van der Waals surface area contributed by atoms with Gasteiger partial charge in [-0.2, -0.15) is 0 Å². The molecule has 1 aliphatic rings. The first-order valence-electron chi connectivity index (χ1n) is 9.28. The maximum Gasteiger partial charge on any atom is 0.337 e. The first-order chi connectivity index (χ1) is 14.9. The lowest BCUT2D eigenvalue weighted by molar-refractivity contribution is 0.0600. The van der Waals surface area contributed by atoms with Gasteiger partial charge < -0.3 is 14.2 Å². The molecule has 156 valence electrons. The van der Waals surface area contributed by atoms with Gasteiger partial charge in [0.15, 0.2) is 5.76 Å². The third kappa shape index (κ3) is 4.58. The zero-order chi connectivity index (χ0) is 22.0. The van der Waals surface area contributed by atoms with E-state index in [0.717, 1.165) is 5.56 Å². The molecule has 1 heterocycles. The molecule has 7 heteroatoms. The van der Waals surface area contributed by atoms with Gasteiger partial charge in [-0.3, -0.25) is 4.79 Å². The van der Waals surface area contributed by atoms with Crippen LogP contribution < -0.4 is 9.47 Å². The Morgan fingerprint density at radius 2 is 1.81 bits per heavy atom. The minimum absolute atomic E-state index is 0.176. The van der Waals surface area contributed by atoms with E-state index >= 15 is 0 Å². The van der Waals surface area contributed by atoms with Crippen molar-refractivity contribution in [3.63, 3.8) is 0 Å². The zero-order valence-electron chi connectivity index (χ0n) is 16.4. The largest absolute Gasteiger partial charge is 0.489 e. The molecule has 0 radical (unpaired) electrons. The molecule has 0 fully saturated rings. The van der Waals surface area contributed by atoms with Gasteiger partial charge in [0.05, 0.1) is 18.2 Å². The minimum Gasteiger partial charge on any atom is -0.489 e. The third-order valence-corrected chi connectivity index (χ3v) is 5.23. The van der Waals surface area contributed by atoms with Crippen molar-refractivity contribution in [1.82, 2.24) is 0 Å². The van der Waals surface area contributed by atoms with Gasteiger partial charge >= 0.3 is 5.97 Å². The van der Waals surface area contributed by atoms with E-state index in [0.29, 0.717) is 38.2 Å². The van der Waals surface area contributed by atoms with Gasteiger partial charge in [-0.15, -0.1) is 0 Å². The fourth-order valence-electron chi connectivity index (χ4n) is 3.04. The summed E-state index contributed by atoms with van der Waals surface area (Å²) in [5.74, 6) is 0.520. The molecule has 5 nitrogen and oxygen atoms in total. The van der Waals surface area contributed by atoms with Crippen molar-refractivity contribution in [3.05, 3.63) is 98.7 Å². The van der Waals surface area contributed by atoms with Crippen molar-refractivity contribution in [2.75, 3.05) is 7.11 Å². The van der Waals surface area contributed by atoms with Crippen molar-refractivity contribution >= 4 is 41.0 Å². The van der Waals surface area contributed by atoms with Crippen LogP contribution in [0.15, 0.2) is 66.4 Å². The van der Waals surface area contributed by atoms with Crippen molar-refractivity contribution in [3.8, 4) is 11.5 Å². The molecule has 3 aromatic rings. The molecule has 0 bridgehead atoms. The first-order valence-corrected chi connectivity index (χ1v) is 10.0. The Hall–Kier alpha value is -3.28. The fourth-order valence-corrected chi connectivity index (χ4v) is 3.50. The van der Waals surface area contributed by atoms with Crippen molar-refractivity contribution in [2.24, 2.45) is 0 Å². The van der Waals surface area contributed by atoms with Gasteiger partial charge in [-0.1, -0.05) is 41.4 Å². The van der Waals surface area contributed by atoms with Gasteiger partial charge in [-0.05, 0) is 53.6 Å². The van der Waals surface area contributed by atoms with Crippen LogP contribution in [0.3, 0.4) is 0 Å². The number of methoxy groups -OCH3 is 1. The minimum atomic E-state index is -0.392. The highest BCUT2D eigenvalue weighted by Gasteiger charge is 2.28. The molecule has 3 aromatic carbocycles. The van der Waals surface area contributed by atoms with Gasteiger partial charge in [-0.25, -0.2) is 4.79 Å². The van der Waals surface area contributed by atoms with Crippen LogP contribution in [0, 0.1) is 0 Å². The van der Waals surface area contributed by atoms with Gasteiger partial charge in [0.2, 0.25) is 5.78 Å². The SMILES string of the molecule is COC(=O)c1ccc(COc2ccc3c(c2)OC(=Cc2ccc(Cl)cc2Cl)C3=O)cc1. The van der Waals surface area contributed by atoms with E-state index in [-0.39, 0.29) is 18.1 Å². The van der Waals surface area contributed by atoms with E-state index in [4.69, 9.17) is 32.7 Å².